The lowest BCUT2D eigenvalue weighted by Gasteiger charge is -2.18. The molecule has 0 bridgehead atoms. The van der Waals surface area contributed by atoms with Crippen LogP contribution < -0.4 is 5.32 Å². The molecule has 0 spiro atoms. The fraction of sp³-hybridized carbons (Fsp3) is 0.357. The number of para-hydroxylation sites is 2. The molecule has 2 aromatic rings. The van der Waals surface area contributed by atoms with Crippen LogP contribution in [0.5, 0.6) is 0 Å². The lowest BCUT2D eigenvalue weighted by Crippen LogP contribution is -2.46. The summed E-state index contributed by atoms with van der Waals surface area (Å²) in [6.45, 7) is 0.802. The average Bonchev–Trinajstić information content (AvgIpc) is 2.85. The third-order valence-electron chi connectivity index (χ3n) is 3.12. The lowest BCUT2D eigenvalue weighted by atomic mass is 10.1. The molecule has 1 amide bonds. The predicted octanol–water partition coefficient (Wildman–Crippen LogP) is 0.447. The minimum Gasteiger partial charge on any atom is -0.479 e. The Bertz CT molecular complexity index is 630. The Kier molecular flexibility index (Phi) is 4.23. The number of amides is 1. The summed E-state index contributed by atoms with van der Waals surface area (Å²) in [5.41, 5.74) is -0.224. The highest BCUT2D eigenvalue weighted by Gasteiger charge is 2.30. The fourth-order valence-corrected chi connectivity index (χ4v) is 1.79. The van der Waals surface area contributed by atoms with E-state index < -0.39 is 11.6 Å². The first-order valence-electron chi connectivity index (χ1n) is 6.54. The van der Waals surface area contributed by atoms with E-state index in [4.69, 9.17) is 5.11 Å². The van der Waals surface area contributed by atoms with Gasteiger partial charge in [0.05, 0.1) is 17.6 Å². The van der Waals surface area contributed by atoms with E-state index >= 15 is 0 Å². The molecule has 0 aliphatic heterocycles. The fourth-order valence-electron chi connectivity index (χ4n) is 1.79. The number of carbonyl (C=O) groups is 2. The summed E-state index contributed by atoms with van der Waals surface area (Å²) in [7, 11) is 0. The molecule has 0 saturated heterocycles. The largest absolute Gasteiger partial charge is 0.479 e. The highest BCUT2D eigenvalue weighted by atomic mass is 16.4. The summed E-state index contributed by atoms with van der Waals surface area (Å²) in [4.78, 5) is 29.8. The van der Waals surface area contributed by atoms with Crippen molar-refractivity contribution in [1.29, 1.82) is 0 Å². The van der Waals surface area contributed by atoms with Crippen molar-refractivity contribution < 1.29 is 19.8 Å². The minimum atomic E-state index is -1.96. The minimum absolute atomic E-state index is 0.162. The molecule has 1 heterocycles. The number of benzene rings is 1. The molecule has 1 atom stereocenters. The van der Waals surface area contributed by atoms with Crippen LogP contribution in [0.3, 0.4) is 0 Å². The Morgan fingerprint density at radius 2 is 2.10 bits per heavy atom. The van der Waals surface area contributed by atoms with Crippen molar-refractivity contribution in [1.82, 2.24) is 15.3 Å². The normalized spacial score (nSPS) is 13.8. The lowest BCUT2D eigenvalue weighted by molar-refractivity contribution is -0.156. The Balaban J connectivity index is 1.85. The number of aromatic amines is 1. The first kappa shape index (κ1) is 15.0. The summed E-state index contributed by atoms with van der Waals surface area (Å²) in [5.74, 6) is -1.02. The van der Waals surface area contributed by atoms with E-state index in [-0.39, 0.29) is 18.9 Å². The third-order valence-corrected chi connectivity index (χ3v) is 3.12. The monoisotopic (exact) mass is 291 g/mol. The zero-order valence-corrected chi connectivity index (χ0v) is 11.6. The maximum Gasteiger partial charge on any atom is 0.337 e. The van der Waals surface area contributed by atoms with Crippen molar-refractivity contribution in [2.45, 2.75) is 25.4 Å². The van der Waals surface area contributed by atoms with E-state index in [2.05, 4.69) is 15.3 Å². The number of hydrogen-bond acceptors (Lipinski definition) is 4. The van der Waals surface area contributed by atoms with Gasteiger partial charge in [-0.15, -0.1) is 0 Å². The van der Waals surface area contributed by atoms with Gasteiger partial charge in [-0.05, 0) is 19.1 Å². The Hall–Kier alpha value is -2.41. The van der Waals surface area contributed by atoms with E-state index in [9.17, 15) is 14.7 Å². The smallest absolute Gasteiger partial charge is 0.337 e. The van der Waals surface area contributed by atoms with Crippen LogP contribution in [0.15, 0.2) is 24.3 Å². The van der Waals surface area contributed by atoms with Crippen LogP contribution >= 0.6 is 0 Å². The second-order valence-corrected chi connectivity index (χ2v) is 5.06. The zero-order valence-electron chi connectivity index (χ0n) is 11.6. The van der Waals surface area contributed by atoms with Gasteiger partial charge in [0.1, 0.15) is 5.82 Å². The molecule has 2 rings (SSSR count). The molecule has 0 aliphatic carbocycles. The number of nitrogens with zero attached hydrogens (tertiary/aromatic N) is 1. The molecule has 1 aromatic carbocycles. The number of H-pyrrole nitrogens is 1. The van der Waals surface area contributed by atoms with Crippen molar-refractivity contribution in [2.24, 2.45) is 0 Å². The molecule has 0 radical (unpaired) electrons. The summed E-state index contributed by atoms with van der Waals surface area (Å²) in [6.07, 6.45) is 0.575. The zero-order chi connectivity index (χ0) is 15.5. The van der Waals surface area contributed by atoms with Crippen LogP contribution in [-0.2, 0) is 16.0 Å². The van der Waals surface area contributed by atoms with Crippen LogP contribution in [0.4, 0.5) is 0 Å². The molecule has 1 aromatic heterocycles. The van der Waals surface area contributed by atoms with Gasteiger partial charge in [-0.3, -0.25) is 4.79 Å². The topological polar surface area (TPSA) is 115 Å². The number of imidazole rings is 1. The number of rotatable bonds is 6. The maximum absolute atomic E-state index is 11.6. The summed E-state index contributed by atoms with van der Waals surface area (Å²) in [6, 6.07) is 7.55. The van der Waals surface area contributed by atoms with Crippen molar-refractivity contribution in [2.75, 3.05) is 6.54 Å². The van der Waals surface area contributed by atoms with Gasteiger partial charge in [0.25, 0.3) is 0 Å². The third kappa shape index (κ3) is 3.79. The van der Waals surface area contributed by atoms with Gasteiger partial charge in [-0.1, -0.05) is 12.1 Å². The van der Waals surface area contributed by atoms with Crippen LogP contribution in [0.25, 0.3) is 11.0 Å². The van der Waals surface area contributed by atoms with Gasteiger partial charge in [-0.2, -0.15) is 0 Å². The van der Waals surface area contributed by atoms with Gasteiger partial charge in [0, 0.05) is 12.8 Å². The number of carbonyl (C=O) groups excluding carboxylic acids is 1. The van der Waals surface area contributed by atoms with Crippen LogP contribution in [0.1, 0.15) is 19.2 Å². The Morgan fingerprint density at radius 1 is 1.38 bits per heavy atom. The van der Waals surface area contributed by atoms with Gasteiger partial charge in [0.15, 0.2) is 5.60 Å². The predicted molar refractivity (Wildman–Crippen MR) is 75.7 cm³/mol. The first-order valence-corrected chi connectivity index (χ1v) is 6.54. The standard InChI is InChI=1S/C14H17N3O4/c1-14(21,13(19)20)8-15-12(18)7-6-11-16-9-4-2-3-5-10(9)17-11/h2-5,21H,6-8H2,1H3,(H,15,18)(H,16,17)(H,19,20). The highest BCUT2D eigenvalue weighted by Crippen LogP contribution is 2.11. The molecule has 1 unspecified atom stereocenters. The molecule has 0 fully saturated rings. The number of nitrogens with one attached hydrogen (secondary N) is 2. The number of carboxylic acids is 1. The molecular weight excluding hydrogens is 274 g/mol. The van der Waals surface area contributed by atoms with E-state index in [1.165, 1.54) is 0 Å². The average molecular weight is 291 g/mol. The number of carboxylic acid groups (broad SMARTS) is 1. The van der Waals surface area contributed by atoms with Crippen molar-refractivity contribution in [3.63, 3.8) is 0 Å². The van der Waals surface area contributed by atoms with Crippen LogP contribution in [-0.4, -0.2) is 44.2 Å². The van der Waals surface area contributed by atoms with E-state index in [1.807, 2.05) is 24.3 Å². The molecule has 7 nitrogen and oxygen atoms in total. The number of aromatic nitrogens is 2. The van der Waals surface area contributed by atoms with Crippen molar-refractivity contribution in [3.05, 3.63) is 30.1 Å². The van der Waals surface area contributed by atoms with E-state index in [0.717, 1.165) is 18.0 Å². The number of fused-ring (bicyclic) bond motifs is 1. The Labute approximate surface area is 121 Å². The van der Waals surface area contributed by atoms with E-state index in [1.54, 1.807) is 0 Å². The van der Waals surface area contributed by atoms with Gasteiger partial charge in [-0.25, -0.2) is 9.78 Å². The van der Waals surface area contributed by atoms with Crippen molar-refractivity contribution in [3.8, 4) is 0 Å². The first-order chi connectivity index (χ1) is 9.88. The maximum atomic E-state index is 11.6. The SMILES string of the molecule is CC(O)(CNC(=O)CCc1nc2ccccc2[nH]1)C(=O)O. The molecule has 0 aliphatic rings. The molecule has 0 saturated carbocycles. The second-order valence-electron chi connectivity index (χ2n) is 5.06. The summed E-state index contributed by atoms with van der Waals surface area (Å²) < 4.78 is 0. The highest BCUT2D eigenvalue weighted by molar-refractivity contribution is 5.80. The van der Waals surface area contributed by atoms with Crippen LogP contribution in [0.2, 0.25) is 0 Å². The van der Waals surface area contributed by atoms with Crippen LogP contribution in [0, 0.1) is 0 Å². The van der Waals surface area contributed by atoms with E-state index in [0.29, 0.717) is 12.2 Å². The Morgan fingerprint density at radius 3 is 2.76 bits per heavy atom. The molecule has 112 valence electrons. The summed E-state index contributed by atoms with van der Waals surface area (Å²) in [5, 5.41) is 20.6. The second kappa shape index (κ2) is 5.92. The van der Waals surface area contributed by atoms with Gasteiger partial charge < -0.3 is 20.5 Å². The molecule has 21 heavy (non-hydrogen) atoms. The quantitative estimate of drug-likeness (QED) is 0.616. The molecule has 7 heteroatoms. The summed E-state index contributed by atoms with van der Waals surface area (Å²) >= 11 is 0. The number of aliphatic carboxylic acids is 1. The molecule has 4 N–H and O–H groups in total. The van der Waals surface area contributed by atoms with Gasteiger partial charge in [0.2, 0.25) is 5.91 Å². The van der Waals surface area contributed by atoms with Gasteiger partial charge >= 0.3 is 5.97 Å². The molecular formula is C14H17N3O4. The number of hydrogen-bond donors (Lipinski definition) is 4. The number of aryl methyl sites for hydroxylation is 1. The van der Waals surface area contributed by atoms with Crippen molar-refractivity contribution >= 4 is 22.9 Å². The number of aliphatic hydroxyl groups is 1.